The van der Waals surface area contributed by atoms with Crippen LogP contribution in [0.25, 0.3) is 11.3 Å². The third-order valence-corrected chi connectivity index (χ3v) is 4.65. The summed E-state index contributed by atoms with van der Waals surface area (Å²) in [5, 5.41) is 10.0. The number of aryl methyl sites for hydroxylation is 1. The number of nitrogens with zero attached hydrogens (tertiary/aromatic N) is 1. The number of aromatic amines is 1. The van der Waals surface area contributed by atoms with Crippen LogP contribution in [0, 0.1) is 0 Å². The molecule has 0 aliphatic heterocycles. The largest absolute Gasteiger partial charge is 0.352 e. The van der Waals surface area contributed by atoms with E-state index in [1.54, 1.807) is 6.20 Å². The molecule has 0 unspecified atom stereocenters. The number of nitrogens with one attached hydrogen (secondary N) is 2. The number of rotatable bonds is 6. The van der Waals surface area contributed by atoms with Crippen LogP contribution in [-0.2, 0) is 6.42 Å². The number of allylic oxidation sites excluding steroid dienone is 1. The third kappa shape index (κ3) is 3.94. The number of carbonyl (C=O) groups excluding carboxylic acids is 1. The van der Waals surface area contributed by atoms with Crippen molar-refractivity contribution in [2.75, 3.05) is 6.54 Å². The van der Waals surface area contributed by atoms with Crippen molar-refractivity contribution in [2.24, 2.45) is 0 Å². The number of benzene rings is 1. The van der Waals surface area contributed by atoms with Crippen LogP contribution in [0.3, 0.4) is 0 Å². The van der Waals surface area contributed by atoms with Crippen molar-refractivity contribution in [1.29, 1.82) is 0 Å². The molecule has 1 amide bonds. The van der Waals surface area contributed by atoms with Gasteiger partial charge in [0.05, 0.1) is 17.5 Å². The molecule has 0 bridgehead atoms. The average Bonchev–Trinajstić information content (AvgIpc) is 3.12. The van der Waals surface area contributed by atoms with Gasteiger partial charge in [-0.25, -0.2) is 0 Å². The average molecular weight is 323 g/mol. The van der Waals surface area contributed by atoms with Gasteiger partial charge in [0.1, 0.15) is 0 Å². The molecule has 3 rings (SSSR count). The first-order chi connectivity index (χ1) is 11.8. The molecule has 4 heteroatoms. The van der Waals surface area contributed by atoms with Crippen molar-refractivity contribution in [2.45, 2.75) is 45.4 Å². The van der Waals surface area contributed by atoms with Crippen LogP contribution in [0.2, 0.25) is 0 Å². The first-order valence-electron chi connectivity index (χ1n) is 8.86. The van der Waals surface area contributed by atoms with Crippen molar-refractivity contribution in [1.82, 2.24) is 15.5 Å². The van der Waals surface area contributed by atoms with E-state index < -0.39 is 0 Å². The van der Waals surface area contributed by atoms with Crippen LogP contribution < -0.4 is 5.32 Å². The van der Waals surface area contributed by atoms with Gasteiger partial charge in [-0.2, -0.15) is 5.10 Å². The molecule has 0 radical (unpaired) electrons. The van der Waals surface area contributed by atoms with E-state index in [0.717, 1.165) is 24.1 Å². The van der Waals surface area contributed by atoms with Gasteiger partial charge in [-0.15, -0.1) is 0 Å². The first kappa shape index (κ1) is 16.5. The quantitative estimate of drug-likeness (QED) is 0.780. The summed E-state index contributed by atoms with van der Waals surface area (Å²) in [5.41, 5.74) is 5.14. The summed E-state index contributed by atoms with van der Waals surface area (Å²) in [6.07, 6.45) is 10.8. The molecular formula is C20H25N3O. The van der Waals surface area contributed by atoms with Crippen molar-refractivity contribution in [3.05, 3.63) is 53.2 Å². The van der Waals surface area contributed by atoms with Gasteiger partial charge >= 0.3 is 0 Å². The minimum Gasteiger partial charge on any atom is -0.352 e. The summed E-state index contributed by atoms with van der Waals surface area (Å²) in [7, 11) is 0. The second-order valence-corrected chi connectivity index (χ2v) is 6.32. The summed E-state index contributed by atoms with van der Waals surface area (Å²) in [6.45, 7) is 2.82. The lowest BCUT2D eigenvalue weighted by atomic mass is 9.97. The Kier molecular flexibility index (Phi) is 5.47. The third-order valence-electron chi connectivity index (χ3n) is 4.65. The maximum absolute atomic E-state index is 12.5. The topological polar surface area (TPSA) is 57.8 Å². The predicted molar refractivity (Wildman–Crippen MR) is 96.9 cm³/mol. The molecule has 2 N–H and O–H groups in total. The minimum absolute atomic E-state index is 0.0604. The van der Waals surface area contributed by atoms with E-state index in [0.29, 0.717) is 12.1 Å². The molecule has 2 aromatic rings. The van der Waals surface area contributed by atoms with Crippen LogP contribution in [0.15, 0.2) is 42.1 Å². The van der Waals surface area contributed by atoms with Crippen LogP contribution in [0.5, 0.6) is 0 Å². The zero-order chi connectivity index (χ0) is 16.8. The molecule has 0 atom stereocenters. The van der Waals surface area contributed by atoms with Crippen molar-refractivity contribution in [3.63, 3.8) is 0 Å². The summed E-state index contributed by atoms with van der Waals surface area (Å²) >= 11 is 0. The highest BCUT2D eigenvalue weighted by Gasteiger charge is 2.15. The molecule has 0 spiro atoms. The van der Waals surface area contributed by atoms with Gasteiger partial charge in [0, 0.05) is 12.1 Å². The van der Waals surface area contributed by atoms with Gasteiger partial charge in [-0.05, 0) is 44.1 Å². The lowest BCUT2D eigenvalue weighted by Crippen LogP contribution is -2.25. The predicted octanol–water partition coefficient (Wildman–Crippen LogP) is 4.26. The van der Waals surface area contributed by atoms with E-state index in [1.165, 1.54) is 36.8 Å². The van der Waals surface area contributed by atoms with Gasteiger partial charge < -0.3 is 5.32 Å². The van der Waals surface area contributed by atoms with Crippen molar-refractivity contribution >= 4 is 5.91 Å². The fraction of sp³-hybridized carbons (Fsp3) is 0.400. The van der Waals surface area contributed by atoms with Gasteiger partial charge in [0.25, 0.3) is 5.91 Å². The molecule has 0 fully saturated rings. The second-order valence-electron chi connectivity index (χ2n) is 6.32. The van der Waals surface area contributed by atoms with Gasteiger partial charge in [0.2, 0.25) is 0 Å². The van der Waals surface area contributed by atoms with Crippen LogP contribution in [-0.4, -0.2) is 22.6 Å². The van der Waals surface area contributed by atoms with Gasteiger partial charge in [-0.1, -0.05) is 42.8 Å². The maximum Gasteiger partial charge on any atom is 0.255 e. The summed E-state index contributed by atoms with van der Waals surface area (Å²) in [6, 6.07) is 8.26. The molecule has 1 aromatic carbocycles. The lowest BCUT2D eigenvalue weighted by molar-refractivity contribution is 0.0954. The Bertz CT molecular complexity index is 713. The van der Waals surface area contributed by atoms with E-state index >= 15 is 0 Å². The van der Waals surface area contributed by atoms with Crippen LogP contribution in [0.1, 0.15) is 54.9 Å². The van der Waals surface area contributed by atoms with E-state index in [9.17, 15) is 4.79 Å². The molecule has 4 nitrogen and oxygen atoms in total. The van der Waals surface area contributed by atoms with Gasteiger partial charge in [0.15, 0.2) is 0 Å². The molecule has 126 valence electrons. The van der Waals surface area contributed by atoms with Crippen LogP contribution >= 0.6 is 0 Å². The molecule has 0 saturated heterocycles. The number of hydrogen-bond donors (Lipinski definition) is 2. The summed E-state index contributed by atoms with van der Waals surface area (Å²) in [5.74, 6) is -0.0604. The number of H-pyrrole nitrogens is 1. The molecule has 1 aliphatic rings. The standard InChI is InChI=1S/C20H25N3O/c1-2-15-8-10-17(11-9-15)19-18(14-22-23-19)20(24)21-13-12-16-6-4-3-5-7-16/h6,8-11,14H,2-5,7,12-13H2,1H3,(H,21,24)(H,22,23). The van der Waals surface area contributed by atoms with E-state index in [1.807, 2.05) is 12.1 Å². The van der Waals surface area contributed by atoms with Crippen molar-refractivity contribution in [3.8, 4) is 11.3 Å². The smallest absolute Gasteiger partial charge is 0.255 e. The van der Waals surface area contributed by atoms with Crippen molar-refractivity contribution < 1.29 is 4.79 Å². The Balaban J connectivity index is 1.63. The number of carbonyl (C=O) groups is 1. The summed E-state index contributed by atoms with van der Waals surface area (Å²) in [4.78, 5) is 12.5. The molecule has 1 aromatic heterocycles. The van der Waals surface area contributed by atoms with Gasteiger partial charge in [-0.3, -0.25) is 9.89 Å². The highest BCUT2D eigenvalue weighted by molar-refractivity contribution is 5.99. The normalized spacial score (nSPS) is 14.3. The molecule has 0 saturated carbocycles. The monoisotopic (exact) mass is 323 g/mol. The Morgan fingerprint density at radius 3 is 2.79 bits per heavy atom. The number of aromatic nitrogens is 2. The Morgan fingerprint density at radius 2 is 2.08 bits per heavy atom. The Labute approximate surface area is 143 Å². The molecule has 1 heterocycles. The zero-order valence-corrected chi connectivity index (χ0v) is 14.3. The van der Waals surface area contributed by atoms with E-state index in [-0.39, 0.29) is 5.91 Å². The maximum atomic E-state index is 12.5. The minimum atomic E-state index is -0.0604. The SMILES string of the molecule is CCc1ccc(-c2[nH]ncc2C(=O)NCCC2=CCCCC2)cc1. The molecule has 24 heavy (non-hydrogen) atoms. The fourth-order valence-corrected chi connectivity index (χ4v) is 3.15. The number of amides is 1. The first-order valence-corrected chi connectivity index (χ1v) is 8.86. The molecular weight excluding hydrogens is 298 g/mol. The summed E-state index contributed by atoms with van der Waals surface area (Å²) < 4.78 is 0. The zero-order valence-electron chi connectivity index (χ0n) is 14.3. The lowest BCUT2D eigenvalue weighted by Gasteiger charge is -2.13. The second kappa shape index (κ2) is 7.95. The highest BCUT2D eigenvalue weighted by atomic mass is 16.1. The number of hydrogen-bond acceptors (Lipinski definition) is 2. The van der Waals surface area contributed by atoms with Crippen LogP contribution in [0.4, 0.5) is 0 Å². The van der Waals surface area contributed by atoms with E-state index in [4.69, 9.17) is 0 Å². The van der Waals surface area contributed by atoms with E-state index in [2.05, 4.69) is 40.6 Å². The molecule has 1 aliphatic carbocycles. The Hall–Kier alpha value is -2.36. The Morgan fingerprint density at radius 1 is 1.25 bits per heavy atom. The highest BCUT2D eigenvalue weighted by Crippen LogP contribution is 2.22. The fourth-order valence-electron chi connectivity index (χ4n) is 3.15.